The first-order valence-corrected chi connectivity index (χ1v) is 14.6. The number of sulfone groups is 1. The molecule has 0 fully saturated rings. The van der Waals surface area contributed by atoms with E-state index >= 15 is 0 Å². The second-order valence-electron chi connectivity index (χ2n) is 8.36. The third-order valence-electron chi connectivity index (χ3n) is 5.63. The number of carbonyl (C=O) groups excluding carboxylic acids is 2. The molecular formula is C25H25N5O4S3. The maximum Gasteiger partial charge on any atom is 0.252 e. The summed E-state index contributed by atoms with van der Waals surface area (Å²) in [6.45, 7) is 3.66. The molecule has 0 saturated carbocycles. The van der Waals surface area contributed by atoms with Crippen LogP contribution < -0.4 is 11.1 Å². The molecule has 2 aromatic carbocycles. The fourth-order valence-electron chi connectivity index (χ4n) is 3.52. The van der Waals surface area contributed by atoms with Crippen molar-refractivity contribution in [1.82, 2.24) is 14.8 Å². The Morgan fingerprint density at radius 2 is 1.78 bits per heavy atom. The Morgan fingerprint density at radius 1 is 1.11 bits per heavy atom. The lowest BCUT2D eigenvalue weighted by atomic mass is 10.0. The van der Waals surface area contributed by atoms with Gasteiger partial charge in [-0.3, -0.25) is 9.59 Å². The van der Waals surface area contributed by atoms with E-state index in [1.54, 1.807) is 42.1 Å². The molecule has 2 heterocycles. The molecule has 4 rings (SSSR count). The van der Waals surface area contributed by atoms with E-state index in [1.165, 1.54) is 23.5 Å². The van der Waals surface area contributed by atoms with Crippen LogP contribution in [0.2, 0.25) is 0 Å². The van der Waals surface area contributed by atoms with Crippen LogP contribution in [0, 0.1) is 6.92 Å². The lowest BCUT2D eigenvalue weighted by Gasteiger charge is -2.12. The highest BCUT2D eigenvalue weighted by Crippen LogP contribution is 2.36. The lowest BCUT2D eigenvalue weighted by Crippen LogP contribution is -2.24. The van der Waals surface area contributed by atoms with Gasteiger partial charge in [0.2, 0.25) is 5.91 Å². The third kappa shape index (κ3) is 5.92. The van der Waals surface area contributed by atoms with Crippen LogP contribution in [-0.2, 0) is 27.4 Å². The van der Waals surface area contributed by atoms with E-state index in [-0.39, 0.29) is 27.9 Å². The first-order valence-electron chi connectivity index (χ1n) is 11.2. The first-order chi connectivity index (χ1) is 17.6. The molecule has 1 unspecified atom stereocenters. The molecule has 3 N–H and O–H groups in total. The summed E-state index contributed by atoms with van der Waals surface area (Å²) in [6, 6.07) is 15.8. The number of aromatic nitrogens is 3. The van der Waals surface area contributed by atoms with Crippen LogP contribution >= 0.6 is 23.1 Å². The molecule has 37 heavy (non-hydrogen) atoms. The number of rotatable bonds is 9. The summed E-state index contributed by atoms with van der Waals surface area (Å²) in [5.74, 6) is -1.05. The number of thiophene rings is 1. The largest absolute Gasteiger partial charge is 0.365 e. The molecule has 0 aliphatic carbocycles. The molecule has 192 valence electrons. The number of benzene rings is 2. The summed E-state index contributed by atoms with van der Waals surface area (Å²) in [7, 11) is -1.94. The SMILES string of the molecule is Cc1ccc(-c2csc(NC(=O)C(C)Sc3nnc(CS(=O)(=O)c4ccccc4)n3C)c2C(N)=O)cc1. The highest BCUT2D eigenvalue weighted by atomic mass is 32.2. The van der Waals surface area contributed by atoms with Gasteiger partial charge in [-0.2, -0.15) is 0 Å². The van der Waals surface area contributed by atoms with Gasteiger partial charge in [0.1, 0.15) is 16.6 Å². The minimum Gasteiger partial charge on any atom is -0.365 e. The number of nitrogens with one attached hydrogen (secondary N) is 1. The fraction of sp³-hybridized carbons (Fsp3) is 0.200. The van der Waals surface area contributed by atoms with Gasteiger partial charge in [0.15, 0.2) is 15.0 Å². The highest BCUT2D eigenvalue weighted by Gasteiger charge is 2.25. The normalized spacial score (nSPS) is 12.3. The van der Waals surface area contributed by atoms with Crippen molar-refractivity contribution < 1.29 is 18.0 Å². The van der Waals surface area contributed by atoms with Crippen LogP contribution in [0.1, 0.15) is 28.7 Å². The van der Waals surface area contributed by atoms with Gasteiger partial charge in [-0.1, -0.05) is 59.8 Å². The molecular weight excluding hydrogens is 531 g/mol. The van der Waals surface area contributed by atoms with Gasteiger partial charge in [0.05, 0.1) is 15.7 Å². The molecule has 0 aliphatic heterocycles. The standard InChI is InChI=1S/C25H25N5O4S3/c1-15-9-11-17(12-10-15)19-13-35-24(21(19)22(26)31)27-23(32)16(2)36-25-29-28-20(30(25)3)14-37(33,34)18-7-5-4-6-8-18/h4-13,16H,14H2,1-3H3,(H2,26,31)(H,27,32). The van der Waals surface area contributed by atoms with Crippen molar-refractivity contribution in [3.8, 4) is 11.1 Å². The van der Waals surface area contributed by atoms with Crippen molar-refractivity contribution in [2.45, 2.75) is 34.9 Å². The van der Waals surface area contributed by atoms with E-state index in [4.69, 9.17) is 5.73 Å². The Morgan fingerprint density at radius 3 is 2.43 bits per heavy atom. The van der Waals surface area contributed by atoms with Crippen LogP contribution in [0.4, 0.5) is 5.00 Å². The Bertz CT molecular complexity index is 1540. The monoisotopic (exact) mass is 555 g/mol. The van der Waals surface area contributed by atoms with Gasteiger partial charge in [-0.15, -0.1) is 21.5 Å². The second kappa shape index (κ2) is 10.9. The smallest absolute Gasteiger partial charge is 0.252 e. The summed E-state index contributed by atoms with van der Waals surface area (Å²) in [4.78, 5) is 25.4. The highest BCUT2D eigenvalue weighted by molar-refractivity contribution is 8.00. The molecule has 2 aromatic heterocycles. The number of carbonyl (C=O) groups is 2. The Balaban J connectivity index is 1.48. The molecule has 0 saturated heterocycles. The van der Waals surface area contributed by atoms with E-state index in [9.17, 15) is 18.0 Å². The van der Waals surface area contributed by atoms with Crippen LogP contribution in [0.5, 0.6) is 0 Å². The predicted octanol–water partition coefficient (Wildman–Crippen LogP) is 4.04. The summed E-state index contributed by atoms with van der Waals surface area (Å²) in [6.07, 6.45) is 0. The average Bonchev–Trinajstić information content (AvgIpc) is 3.43. The van der Waals surface area contributed by atoms with Crippen LogP contribution in [0.3, 0.4) is 0 Å². The summed E-state index contributed by atoms with van der Waals surface area (Å²) < 4.78 is 27.0. The first kappa shape index (κ1) is 26.6. The Labute approximate surface area is 223 Å². The van der Waals surface area contributed by atoms with Crippen molar-refractivity contribution in [1.29, 1.82) is 0 Å². The number of nitrogens with two attached hydrogens (primary N) is 1. The number of amides is 2. The molecule has 0 aliphatic rings. The number of aryl methyl sites for hydroxylation is 1. The van der Waals surface area contributed by atoms with Crippen LogP contribution in [0.25, 0.3) is 11.1 Å². The van der Waals surface area contributed by atoms with Gasteiger partial charge >= 0.3 is 0 Å². The second-order valence-corrected chi connectivity index (χ2v) is 12.5. The molecule has 0 bridgehead atoms. The number of thioether (sulfide) groups is 1. The van der Waals surface area contributed by atoms with Crippen LogP contribution in [0.15, 0.2) is 70.0 Å². The van der Waals surface area contributed by atoms with Gasteiger partial charge in [-0.05, 0) is 31.5 Å². The van der Waals surface area contributed by atoms with Gasteiger partial charge in [-0.25, -0.2) is 8.42 Å². The van der Waals surface area contributed by atoms with Crippen molar-refractivity contribution >= 4 is 49.8 Å². The quantitative estimate of drug-likeness (QED) is 0.297. The van der Waals surface area contributed by atoms with E-state index in [2.05, 4.69) is 15.5 Å². The maximum absolute atomic E-state index is 13.0. The number of anilines is 1. The molecule has 4 aromatic rings. The van der Waals surface area contributed by atoms with Gasteiger partial charge < -0.3 is 15.6 Å². The lowest BCUT2D eigenvalue weighted by molar-refractivity contribution is -0.115. The molecule has 1 atom stereocenters. The molecule has 12 heteroatoms. The predicted molar refractivity (Wildman–Crippen MR) is 145 cm³/mol. The average molecular weight is 556 g/mol. The zero-order valence-corrected chi connectivity index (χ0v) is 22.8. The van der Waals surface area contributed by atoms with E-state index < -0.39 is 21.0 Å². The number of nitrogens with zero attached hydrogens (tertiary/aromatic N) is 3. The van der Waals surface area contributed by atoms with Crippen molar-refractivity contribution in [2.75, 3.05) is 5.32 Å². The summed E-state index contributed by atoms with van der Waals surface area (Å²) in [5.41, 5.74) is 8.49. The number of primary amides is 1. The van der Waals surface area contributed by atoms with E-state index in [0.717, 1.165) is 22.9 Å². The minimum atomic E-state index is -3.60. The fourth-order valence-corrected chi connectivity index (χ4v) is 6.66. The van der Waals surface area contributed by atoms with Crippen molar-refractivity contribution in [2.24, 2.45) is 12.8 Å². The maximum atomic E-state index is 13.0. The molecule has 0 spiro atoms. The third-order valence-corrected chi connectivity index (χ3v) is 9.29. The molecule has 9 nitrogen and oxygen atoms in total. The zero-order chi connectivity index (χ0) is 26.7. The zero-order valence-electron chi connectivity index (χ0n) is 20.3. The number of hydrogen-bond donors (Lipinski definition) is 2. The van der Waals surface area contributed by atoms with E-state index in [0.29, 0.717) is 15.7 Å². The number of hydrogen-bond acceptors (Lipinski definition) is 8. The summed E-state index contributed by atoms with van der Waals surface area (Å²) >= 11 is 2.36. The van der Waals surface area contributed by atoms with E-state index in [1.807, 2.05) is 31.2 Å². The minimum absolute atomic E-state index is 0.200. The topological polar surface area (TPSA) is 137 Å². The van der Waals surface area contributed by atoms with Crippen LogP contribution in [-0.4, -0.2) is 40.2 Å². The molecule has 0 radical (unpaired) electrons. The van der Waals surface area contributed by atoms with Crippen molar-refractivity contribution in [3.63, 3.8) is 0 Å². The van der Waals surface area contributed by atoms with Gasteiger partial charge in [0.25, 0.3) is 5.91 Å². The Kier molecular flexibility index (Phi) is 7.81. The molecule has 2 amide bonds. The van der Waals surface area contributed by atoms with Gasteiger partial charge in [0, 0.05) is 18.0 Å². The Hall–Kier alpha value is -3.48. The summed E-state index contributed by atoms with van der Waals surface area (Å²) in [5, 5.41) is 12.8. The van der Waals surface area contributed by atoms with Crippen molar-refractivity contribution in [3.05, 3.63) is 76.9 Å².